The van der Waals surface area contributed by atoms with Crippen LogP contribution in [0.5, 0.6) is 0 Å². The summed E-state index contributed by atoms with van der Waals surface area (Å²) in [5.41, 5.74) is 11.2. The predicted molar refractivity (Wildman–Crippen MR) is 137 cm³/mol. The van der Waals surface area contributed by atoms with Gasteiger partial charge in [0.25, 0.3) is 5.91 Å². The second-order valence-electron chi connectivity index (χ2n) is 10.5. The molecule has 36 heavy (non-hydrogen) atoms. The lowest BCUT2D eigenvalue weighted by Crippen LogP contribution is -2.73. The number of imide groups is 1. The summed E-state index contributed by atoms with van der Waals surface area (Å²) in [6, 6.07) is -0.762. The lowest BCUT2D eigenvalue weighted by atomic mass is 9.91. The van der Waals surface area contributed by atoms with E-state index in [0.29, 0.717) is 38.8 Å². The zero-order valence-electron chi connectivity index (χ0n) is 22.5. The molecule has 0 aliphatic carbocycles. The third-order valence-electron chi connectivity index (χ3n) is 6.94. The number of rotatable bonds is 15. The number of carbonyl (C=O) groups is 4. The molecule has 0 aromatic carbocycles. The molecule has 10 nitrogen and oxygen atoms in total. The Balaban J connectivity index is 2.34. The smallest absolute Gasteiger partial charge is 0.325 e. The number of hydrogen-bond donors (Lipinski definition) is 2. The molecule has 4 N–H and O–H groups in total. The summed E-state index contributed by atoms with van der Waals surface area (Å²) in [6.07, 6.45) is 6.36. The van der Waals surface area contributed by atoms with Gasteiger partial charge in [-0.1, -0.05) is 40.0 Å². The number of unbranched alkanes of at least 4 members (excludes halogenated alkanes) is 4. The van der Waals surface area contributed by atoms with Crippen LogP contribution in [-0.4, -0.2) is 76.9 Å². The van der Waals surface area contributed by atoms with Gasteiger partial charge in [-0.2, -0.15) is 0 Å². The van der Waals surface area contributed by atoms with Crippen LogP contribution < -0.4 is 11.5 Å². The van der Waals surface area contributed by atoms with Gasteiger partial charge in [0.2, 0.25) is 11.8 Å². The van der Waals surface area contributed by atoms with E-state index in [-0.39, 0.29) is 49.6 Å². The SMILES string of the molecule is CCCCCC(=O)N1C[C@@H]2N(OC(=O)CCCCN)C[C@@H](CCCCN)C(=O)N2[C@H](CC(C)C)C1=O. The number of hydroxylamine groups is 2. The molecule has 2 fully saturated rings. The first kappa shape index (κ1) is 30.2. The third-order valence-corrected chi connectivity index (χ3v) is 6.94. The van der Waals surface area contributed by atoms with E-state index >= 15 is 0 Å². The zero-order chi connectivity index (χ0) is 26.7. The largest absolute Gasteiger partial charge is 0.366 e. The van der Waals surface area contributed by atoms with Crippen LogP contribution in [0.2, 0.25) is 0 Å². The second-order valence-corrected chi connectivity index (χ2v) is 10.5. The van der Waals surface area contributed by atoms with Crippen molar-refractivity contribution in [2.24, 2.45) is 23.3 Å². The molecule has 2 aliphatic rings. The third kappa shape index (κ3) is 8.24. The summed E-state index contributed by atoms with van der Waals surface area (Å²) in [6.45, 7) is 7.34. The molecule has 0 aromatic heterocycles. The van der Waals surface area contributed by atoms with Gasteiger partial charge in [-0.3, -0.25) is 24.1 Å². The van der Waals surface area contributed by atoms with Crippen molar-refractivity contribution in [1.82, 2.24) is 14.9 Å². The van der Waals surface area contributed by atoms with E-state index in [0.717, 1.165) is 32.1 Å². The molecule has 0 saturated carbocycles. The summed E-state index contributed by atoms with van der Waals surface area (Å²) < 4.78 is 0. The Morgan fingerprint density at radius 2 is 1.61 bits per heavy atom. The summed E-state index contributed by atoms with van der Waals surface area (Å²) in [4.78, 5) is 61.6. The number of hydrogen-bond acceptors (Lipinski definition) is 8. The van der Waals surface area contributed by atoms with Gasteiger partial charge in [0.05, 0.1) is 12.5 Å². The molecule has 2 saturated heterocycles. The highest BCUT2D eigenvalue weighted by molar-refractivity contribution is 6.00. The van der Waals surface area contributed by atoms with Crippen molar-refractivity contribution in [3.63, 3.8) is 0 Å². The van der Waals surface area contributed by atoms with E-state index in [1.807, 2.05) is 13.8 Å². The standard InChI is InChI=1S/C26H47N5O5/c1-4-5-6-12-23(32)29-18-22-30(36-24(33)13-8-10-15-28)17-20(11-7-9-14-27)25(34)31(22)21(26(29)35)16-19(2)3/h19-22H,4-18,27-28H2,1-3H3/t20-,21-,22-/m1/s1. The van der Waals surface area contributed by atoms with E-state index in [1.54, 1.807) is 9.96 Å². The van der Waals surface area contributed by atoms with E-state index in [4.69, 9.17) is 16.3 Å². The fourth-order valence-corrected chi connectivity index (χ4v) is 4.99. The van der Waals surface area contributed by atoms with Crippen molar-refractivity contribution in [1.29, 1.82) is 0 Å². The minimum Gasteiger partial charge on any atom is -0.366 e. The quantitative estimate of drug-likeness (QED) is 0.320. The summed E-state index contributed by atoms with van der Waals surface area (Å²) >= 11 is 0. The van der Waals surface area contributed by atoms with Crippen molar-refractivity contribution in [3.05, 3.63) is 0 Å². The Labute approximate surface area is 216 Å². The molecule has 0 radical (unpaired) electrons. The highest BCUT2D eigenvalue weighted by Crippen LogP contribution is 2.33. The van der Waals surface area contributed by atoms with Gasteiger partial charge in [0, 0.05) is 19.4 Å². The lowest BCUT2D eigenvalue weighted by molar-refractivity contribution is -0.248. The normalized spacial score (nSPS) is 22.8. The molecule has 2 aliphatic heterocycles. The molecule has 2 heterocycles. The van der Waals surface area contributed by atoms with E-state index in [2.05, 4.69) is 6.92 Å². The Bertz CT molecular complexity index is 746. The van der Waals surface area contributed by atoms with Crippen molar-refractivity contribution in [3.8, 4) is 0 Å². The van der Waals surface area contributed by atoms with Crippen molar-refractivity contribution in [2.45, 2.75) is 104 Å². The molecule has 0 unspecified atom stereocenters. The van der Waals surface area contributed by atoms with Crippen LogP contribution in [0.4, 0.5) is 0 Å². The molecule has 0 aromatic rings. The Morgan fingerprint density at radius 1 is 0.944 bits per heavy atom. The van der Waals surface area contributed by atoms with E-state index in [9.17, 15) is 19.2 Å². The Morgan fingerprint density at radius 3 is 2.25 bits per heavy atom. The van der Waals surface area contributed by atoms with E-state index in [1.165, 1.54) is 4.90 Å². The molecular weight excluding hydrogens is 462 g/mol. The number of nitrogens with zero attached hydrogens (tertiary/aromatic N) is 3. The molecule has 0 spiro atoms. The van der Waals surface area contributed by atoms with Gasteiger partial charge in [0.1, 0.15) is 12.2 Å². The highest BCUT2D eigenvalue weighted by atomic mass is 16.7. The van der Waals surface area contributed by atoms with Crippen LogP contribution in [0.15, 0.2) is 0 Å². The highest BCUT2D eigenvalue weighted by Gasteiger charge is 2.52. The summed E-state index contributed by atoms with van der Waals surface area (Å²) in [5, 5.41) is 1.55. The Kier molecular flexibility index (Phi) is 12.8. The van der Waals surface area contributed by atoms with Crippen molar-refractivity contribution in [2.75, 3.05) is 26.2 Å². The predicted octanol–water partition coefficient (Wildman–Crippen LogP) is 2.15. The lowest BCUT2D eigenvalue weighted by Gasteiger charge is -2.52. The number of nitrogens with two attached hydrogens (primary N) is 2. The molecule has 2 rings (SSSR count). The van der Waals surface area contributed by atoms with Crippen LogP contribution in [0.25, 0.3) is 0 Å². The molecule has 3 atom stereocenters. The summed E-state index contributed by atoms with van der Waals surface area (Å²) in [7, 11) is 0. The van der Waals surface area contributed by atoms with Crippen molar-refractivity contribution >= 4 is 23.7 Å². The number of fused-ring (bicyclic) bond motifs is 1. The van der Waals surface area contributed by atoms with Crippen LogP contribution in [0, 0.1) is 11.8 Å². The van der Waals surface area contributed by atoms with Gasteiger partial charge in [-0.05, 0) is 57.5 Å². The van der Waals surface area contributed by atoms with Crippen LogP contribution in [0.3, 0.4) is 0 Å². The number of piperazine rings is 1. The fourth-order valence-electron chi connectivity index (χ4n) is 4.99. The fraction of sp³-hybridized carbons (Fsp3) is 0.846. The van der Waals surface area contributed by atoms with Gasteiger partial charge in [-0.15, -0.1) is 5.06 Å². The second kappa shape index (κ2) is 15.3. The topological polar surface area (TPSA) is 139 Å². The van der Waals surface area contributed by atoms with Crippen LogP contribution in [0.1, 0.15) is 91.4 Å². The molecule has 206 valence electrons. The summed E-state index contributed by atoms with van der Waals surface area (Å²) in [5.74, 6) is -1.33. The molecule has 3 amide bonds. The van der Waals surface area contributed by atoms with Crippen LogP contribution >= 0.6 is 0 Å². The van der Waals surface area contributed by atoms with Gasteiger partial charge in [0.15, 0.2) is 0 Å². The maximum absolute atomic E-state index is 13.7. The minimum atomic E-state index is -0.762. The van der Waals surface area contributed by atoms with E-state index < -0.39 is 24.1 Å². The number of amides is 3. The Hall–Kier alpha value is -2.04. The number of carbonyl (C=O) groups excluding carboxylic acids is 4. The van der Waals surface area contributed by atoms with Gasteiger partial charge in [-0.25, -0.2) is 0 Å². The average molecular weight is 510 g/mol. The van der Waals surface area contributed by atoms with Crippen molar-refractivity contribution < 1.29 is 24.0 Å². The molecule has 10 heteroatoms. The first-order chi connectivity index (χ1) is 17.2. The molecular formula is C26H47N5O5. The van der Waals surface area contributed by atoms with Gasteiger partial charge >= 0.3 is 5.97 Å². The minimum absolute atomic E-state index is 0.00965. The maximum atomic E-state index is 13.7. The average Bonchev–Trinajstić information content (AvgIpc) is 2.83. The zero-order valence-corrected chi connectivity index (χ0v) is 22.5. The maximum Gasteiger partial charge on any atom is 0.325 e. The van der Waals surface area contributed by atoms with Crippen LogP contribution in [-0.2, 0) is 24.0 Å². The monoisotopic (exact) mass is 509 g/mol. The molecule has 0 bridgehead atoms. The first-order valence-electron chi connectivity index (χ1n) is 13.8. The first-order valence-corrected chi connectivity index (χ1v) is 13.8. The van der Waals surface area contributed by atoms with Gasteiger partial charge < -0.3 is 21.2 Å².